The van der Waals surface area contributed by atoms with Gasteiger partial charge in [0.1, 0.15) is 12.4 Å². The van der Waals surface area contributed by atoms with Gasteiger partial charge in [0.15, 0.2) is 0 Å². The summed E-state index contributed by atoms with van der Waals surface area (Å²) in [6, 6.07) is 3.62. The van der Waals surface area contributed by atoms with Crippen LogP contribution in [0.3, 0.4) is 0 Å². The van der Waals surface area contributed by atoms with Crippen LogP contribution in [0.2, 0.25) is 0 Å². The monoisotopic (exact) mass is 278 g/mol. The van der Waals surface area contributed by atoms with E-state index in [-0.39, 0.29) is 31.0 Å². The predicted octanol–water partition coefficient (Wildman–Crippen LogP) is 0.0354. The Balaban J connectivity index is 2.80. The summed E-state index contributed by atoms with van der Waals surface area (Å²) in [5, 5.41) is 13.6. The highest BCUT2D eigenvalue weighted by atomic mass is 19.1. The van der Waals surface area contributed by atoms with Crippen LogP contribution >= 0.6 is 0 Å². The van der Waals surface area contributed by atoms with Gasteiger partial charge in [0.05, 0.1) is 5.56 Å². The molecule has 0 fully saturated rings. The van der Waals surface area contributed by atoms with E-state index in [0.717, 1.165) is 6.07 Å². The Kier molecular flexibility index (Phi) is 6.20. The highest BCUT2D eigenvalue weighted by Crippen LogP contribution is 2.10. The molecule has 0 atom stereocenters. The predicted molar refractivity (Wildman–Crippen MR) is 71.4 cm³/mol. The quantitative estimate of drug-likeness (QED) is 0.680. The van der Waals surface area contributed by atoms with Crippen LogP contribution in [-0.2, 0) is 4.79 Å². The van der Waals surface area contributed by atoms with E-state index < -0.39 is 11.7 Å². The lowest BCUT2D eigenvalue weighted by Crippen LogP contribution is -2.29. The van der Waals surface area contributed by atoms with E-state index in [1.807, 2.05) is 0 Å². The van der Waals surface area contributed by atoms with Crippen LogP contribution in [0, 0.1) is 17.7 Å². The van der Waals surface area contributed by atoms with Gasteiger partial charge in [-0.25, -0.2) is 4.39 Å². The lowest BCUT2D eigenvalue weighted by atomic mass is 10.1. The van der Waals surface area contributed by atoms with Gasteiger partial charge in [-0.3, -0.25) is 9.59 Å². The minimum atomic E-state index is -0.559. The fraction of sp³-hybridized carbons (Fsp3) is 0.286. The largest absolute Gasteiger partial charge is 0.384 e. The molecular weight excluding hydrogens is 263 g/mol. The number of aliphatic hydroxyl groups is 1. The van der Waals surface area contributed by atoms with Gasteiger partial charge in [0, 0.05) is 25.6 Å². The van der Waals surface area contributed by atoms with Gasteiger partial charge in [-0.05, 0) is 18.2 Å². The number of hydrogen-bond donors (Lipinski definition) is 3. The fourth-order valence-corrected chi connectivity index (χ4v) is 1.46. The lowest BCUT2D eigenvalue weighted by Gasteiger charge is -2.07. The summed E-state index contributed by atoms with van der Waals surface area (Å²) >= 11 is 0. The number of amides is 2. The first-order chi connectivity index (χ1) is 9.58. The second kappa shape index (κ2) is 7.92. The van der Waals surface area contributed by atoms with Crippen molar-refractivity contribution < 1.29 is 19.1 Å². The first kappa shape index (κ1) is 15.7. The average molecular weight is 278 g/mol. The summed E-state index contributed by atoms with van der Waals surface area (Å²) in [4.78, 5) is 22.9. The highest BCUT2D eigenvalue weighted by Gasteiger charge is 2.11. The third kappa shape index (κ3) is 4.71. The number of nitrogens with one attached hydrogen (secondary N) is 2. The van der Waals surface area contributed by atoms with Gasteiger partial charge in [0.25, 0.3) is 5.91 Å². The van der Waals surface area contributed by atoms with Crippen molar-refractivity contribution in [2.45, 2.75) is 6.42 Å². The average Bonchev–Trinajstić information content (AvgIpc) is 2.45. The van der Waals surface area contributed by atoms with Gasteiger partial charge in [0.2, 0.25) is 5.91 Å². The van der Waals surface area contributed by atoms with Crippen molar-refractivity contribution in [1.29, 1.82) is 0 Å². The molecular formula is C14H15FN2O3. The van der Waals surface area contributed by atoms with Crippen LogP contribution in [0.5, 0.6) is 0 Å². The molecule has 0 radical (unpaired) electrons. The molecule has 0 heterocycles. The van der Waals surface area contributed by atoms with Crippen molar-refractivity contribution in [2.75, 3.05) is 20.2 Å². The smallest absolute Gasteiger partial charge is 0.252 e. The normalized spacial score (nSPS) is 9.35. The number of carbonyl (C=O) groups is 2. The fourth-order valence-electron chi connectivity index (χ4n) is 1.46. The molecule has 106 valence electrons. The Labute approximate surface area is 116 Å². The maximum absolute atomic E-state index is 13.2. The molecule has 1 rings (SSSR count). The molecule has 20 heavy (non-hydrogen) atoms. The molecule has 0 saturated carbocycles. The molecule has 0 unspecified atom stereocenters. The van der Waals surface area contributed by atoms with E-state index >= 15 is 0 Å². The molecule has 0 saturated heterocycles. The number of hydrogen-bond acceptors (Lipinski definition) is 3. The van der Waals surface area contributed by atoms with Crippen molar-refractivity contribution >= 4 is 11.8 Å². The second-order valence-corrected chi connectivity index (χ2v) is 3.83. The zero-order valence-corrected chi connectivity index (χ0v) is 11.0. The maximum Gasteiger partial charge on any atom is 0.252 e. The van der Waals surface area contributed by atoms with Crippen LogP contribution in [0.15, 0.2) is 18.2 Å². The molecule has 0 spiro atoms. The van der Waals surface area contributed by atoms with Gasteiger partial charge >= 0.3 is 0 Å². The summed E-state index contributed by atoms with van der Waals surface area (Å²) < 4.78 is 13.2. The van der Waals surface area contributed by atoms with Gasteiger partial charge in [-0.2, -0.15) is 0 Å². The maximum atomic E-state index is 13.2. The van der Waals surface area contributed by atoms with Crippen LogP contribution in [0.25, 0.3) is 0 Å². The molecule has 2 amide bonds. The van der Waals surface area contributed by atoms with E-state index in [1.165, 1.54) is 19.2 Å². The van der Waals surface area contributed by atoms with E-state index in [9.17, 15) is 14.0 Å². The van der Waals surface area contributed by atoms with Crippen molar-refractivity contribution in [1.82, 2.24) is 10.6 Å². The van der Waals surface area contributed by atoms with Crippen molar-refractivity contribution in [3.63, 3.8) is 0 Å². The zero-order valence-electron chi connectivity index (χ0n) is 11.0. The molecule has 0 aromatic heterocycles. The second-order valence-electron chi connectivity index (χ2n) is 3.83. The van der Waals surface area contributed by atoms with E-state index in [2.05, 4.69) is 22.5 Å². The minimum Gasteiger partial charge on any atom is -0.384 e. The zero-order chi connectivity index (χ0) is 15.0. The molecule has 6 heteroatoms. The Morgan fingerprint density at radius 2 is 2.15 bits per heavy atom. The minimum absolute atomic E-state index is 0.0721. The Morgan fingerprint density at radius 3 is 2.80 bits per heavy atom. The third-order valence-corrected chi connectivity index (χ3v) is 2.44. The number of rotatable bonds is 4. The van der Waals surface area contributed by atoms with Crippen LogP contribution in [0.1, 0.15) is 22.3 Å². The topological polar surface area (TPSA) is 78.4 Å². The SMILES string of the molecule is CNC(=O)CCNC(=O)c1cc(F)ccc1C#CCO. The standard InChI is InChI=1S/C14H15FN2O3/c1-16-13(19)6-7-17-14(20)12-9-11(15)5-4-10(12)3-2-8-18/h4-5,9,18H,6-8H2,1H3,(H,16,19)(H,17,20). The third-order valence-electron chi connectivity index (χ3n) is 2.44. The van der Waals surface area contributed by atoms with Gasteiger partial charge in [-0.1, -0.05) is 11.8 Å². The number of carbonyl (C=O) groups excluding carboxylic acids is 2. The Bertz CT molecular complexity index is 561. The molecule has 0 aliphatic carbocycles. The number of halogens is 1. The molecule has 1 aromatic rings. The first-order valence-corrected chi connectivity index (χ1v) is 5.96. The summed E-state index contributed by atoms with van der Waals surface area (Å²) in [6.45, 7) is -0.211. The van der Waals surface area contributed by atoms with Crippen molar-refractivity contribution in [2.24, 2.45) is 0 Å². The van der Waals surface area contributed by atoms with Crippen LogP contribution in [0.4, 0.5) is 4.39 Å². The lowest BCUT2D eigenvalue weighted by molar-refractivity contribution is -0.120. The van der Waals surface area contributed by atoms with Crippen molar-refractivity contribution in [3.05, 3.63) is 35.1 Å². The highest BCUT2D eigenvalue weighted by molar-refractivity contribution is 5.97. The van der Waals surface area contributed by atoms with E-state index in [1.54, 1.807) is 0 Å². The molecule has 0 aliphatic heterocycles. The molecule has 0 bridgehead atoms. The molecule has 1 aromatic carbocycles. The van der Waals surface area contributed by atoms with Crippen LogP contribution < -0.4 is 10.6 Å². The van der Waals surface area contributed by atoms with Gasteiger partial charge < -0.3 is 15.7 Å². The number of aliphatic hydroxyl groups excluding tert-OH is 1. The molecule has 3 N–H and O–H groups in total. The summed E-state index contributed by atoms with van der Waals surface area (Å²) in [5.74, 6) is 3.70. The van der Waals surface area contributed by atoms with Crippen molar-refractivity contribution in [3.8, 4) is 11.8 Å². The summed E-state index contributed by atoms with van der Waals surface area (Å²) in [5.41, 5.74) is 0.390. The summed E-state index contributed by atoms with van der Waals surface area (Å²) in [6.07, 6.45) is 0.134. The Morgan fingerprint density at radius 1 is 1.40 bits per heavy atom. The van der Waals surface area contributed by atoms with Crippen LogP contribution in [-0.4, -0.2) is 37.1 Å². The van der Waals surface area contributed by atoms with E-state index in [4.69, 9.17) is 5.11 Å². The molecule has 0 aliphatic rings. The molecule has 5 nitrogen and oxygen atoms in total. The first-order valence-electron chi connectivity index (χ1n) is 5.96. The van der Waals surface area contributed by atoms with E-state index in [0.29, 0.717) is 5.56 Å². The Hall–Kier alpha value is -2.39. The summed E-state index contributed by atoms with van der Waals surface area (Å²) in [7, 11) is 1.50. The van der Waals surface area contributed by atoms with Gasteiger partial charge in [-0.15, -0.1) is 0 Å². The number of benzene rings is 1.